The Morgan fingerprint density at radius 3 is 2.27 bits per heavy atom. The number of nitrogens with zero attached hydrogens (tertiary/aromatic N) is 2. The summed E-state index contributed by atoms with van der Waals surface area (Å²) in [6.07, 6.45) is -4.81. The molecule has 1 heterocycles. The van der Waals surface area contributed by atoms with Crippen LogP contribution in [0.25, 0.3) is 0 Å². The average molecular weight is 326 g/mol. The van der Waals surface area contributed by atoms with E-state index in [9.17, 15) is 27.9 Å². The van der Waals surface area contributed by atoms with Crippen LogP contribution < -0.4 is 0 Å². The number of carbonyl (C=O) groups is 2. The fourth-order valence-corrected chi connectivity index (χ4v) is 2.71. The summed E-state index contributed by atoms with van der Waals surface area (Å²) in [5, 5.41) is 17.9. The number of hydrogen-bond acceptors (Lipinski definition) is 4. The number of carboxylic acid groups (broad SMARTS) is 1. The van der Waals surface area contributed by atoms with Crippen LogP contribution in [0.3, 0.4) is 0 Å². The maximum absolute atomic E-state index is 12.5. The zero-order valence-corrected chi connectivity index (χ0v) is 12.6. The van der Waals surface area contributed by atoms with Crippen molar-refractivity contribution in [3.63, 3.8) is 0 Å². The molecule has 0 aromatic carbocycles. The van der Waals surface area contributed by atoms with E-state index in [2.05, 4.69) is 0 Å². The maximum atomic E-state index is 12.5. The lowest BCUT2D eigenvalue weighted by Crippen LogP contribution is -2.63. The highest BCUT2D eigenvalue weighted by atomic mass is 19.4. The van der Waals surface area contributed by atoms with Gasteiger partial charge in [-0.1, -0.05) is 0 Å². The summed E-state index contributed by atoms with van der Waals surface area (Å²) in [4.78, 5) is 25.6. The number of rotatable bonds is 5. The van der Waals surface area contributed by atoms with Crippen molar-refractivity contribution in [1.82, 2.24) is 9.80 Å². The lowest BCUT2D eigenvalue weighted by Gasteiger charge is -2.48. The first-order valence-electron chi connectivity index (χ1n) is 6.89. The number of aliphatic carboxylic acids is 1. The van der Waals surface area contributed by atoms with E-state index in [0.29, 0.717) is 0 Å². The Balaban J connectivity index is 2.77. The van der Waals surface area contributed by atoms with Crippen molar-refractivity contribution in [1.29, 1.82) is 0 Å². The molecule has 1 aliphatic rings. The van der Waals surface area contributed by atoms with E-state index in [0.717, 1.165) is 0 Å². The number of aliphatic hydroxyl groups excluding tert-OH is 1. The zero-order valence-electron chi connectivity index (χ0n) is 12.6. The Labute approximate surface area is 126 Å². The molecule has 0 radical (unpaired) electrons. The average Bonchev–Trinajstić information content (AvgIpc) is 2.31. The molecule has 0 aliphatic carbocycles. The summed E-state index contributed by atoms with van der Waals surface area (Å²) >= 11 is 0. The molecule has 0 saturated carbocycles. The third-order valence-corrected chi connectivity index (χ3v) is 3.64. The molecule has 128 valence electrons. The molecule has 0 aromatic rings. The fraction of sp³-hybridized carbons (Fsp3) is 0.846. The second-order valence-corrected chi connectivity index (χ2v) is 6.11. The zero-order chi connectivity index (χ0) is 17.1. The predicted octanol–water partition coefficient (Wildman–Crippen LogP) is 0.555. The van der Waals surface area contributed by atoms with E-state index in [1.165, 1.54) is 9.80 Å². The van der Waals surface area contributed by atoms with Gasteiger partial charge in [-0.25, -0.2) is 0 Å². The van der Waals surface area contributed by atoms with Crippen molar-refractivity contribution >= 4 is 11.9 Å². The molecule has 1 fully saturated rings. The molecular weight excluding hydrogens is 305 g/mol. The number of hydrogen-bond donors (Lipinski definition) is 2. The number of alkyl halides is 3. The third-order valence-electron chi connectivity index (χ3n) is 3.64. The largest absolute Gasteiger partial charge is 0.481 e. The predicted molar refractivity (Wildman–Crippen MR) is 71.1 cm³/mol. The van der Waals surface area contributed by atoms with Crippen LogP contribution >= 0.6 is 0 Å². The van der Waals surface area contributed by atoms with Crippen molar-refractivity contribution in [2.75, 3.05) is 32.8 Å². The highest BCUT2D eigenvalue weighted by Gasteiger charge is 2.42. The second-order valence-electron chi connectivity index (χ2n) is 6.11. The van der Waals surface area contributed by atoms with Crippen LogP contribution in [0.4, 0.5) is 13.2 Å². The highest BCUT2D eigenvalue weighted by molar-refractivity contribution is 5.84. The molecule has 2 N–H and O–H groups in total. The van der Waals surface area contributed by atoms with E-state index in [1.54, 1.807) is 13.8 Å². The SMILES string of the molecule is CC1(C)CN(CC(F)(F)F)CCN1C(=O)C(CO)CC(=O)O. The molecule has 9 heteroatoms. The highest BCUT2D eigenvalue weighted by Crippen LogP contribution is 2.26. The monoisotopic (exact) mass is 326 g/mol. The van der Waals surface area contributed by atoms with Gasteiger partial charge in [0.25, 0.3) is 0 Å². The minimum Gasteiger partial charge on any atom is -0.481 e. The van der Waals surface area contributed by atoms with E-state index < -0.39 is 49.1 Å². The van der Waals surface area contributed by atoms with Crippen molar-refractivity contribution in [3.05, 3.63) is 0 Å². The first-order valence-corrected chi connectivity index (χ1v) is 6.89. The van der Waals surface area contributed by atoms with Crippen molar-refractivity contribution in [3.8, 4) is 0 Å². The quantitative estimate of drug-likeness (QED) is 0.771. The summed E-state index contributed by atoms with van der Waals surface area (Å²) < 4.78 is 37.4. The number of carboxylic acids is 1. The van der Waals surface area contributed by atoms with E-state index in [-0.39, 0.29) is 19.6 Å². The molecule has 0 spiro atoms. The first-order chi connectivity index (χ1) is 9.96. The van der Waals surface area contributed by atoms with Gasteiger partial charge in [0.05, 0.1) is 25.5 Å². The Kier molecular flexibility index (Phi) is 5.80. The van der Waals surface area contributed by atoms with Gasteiger partial charge in [0, 0.05) is 25.2 Å². The number of carbonyl (C=O) groups excluding carboxylic acids is 1. The summed E-state index contributed by atoms with van der Waals surface area (Å²) in [6, 6.07) is 0. The number of halogens is 3. The molecule has 1 saturated heterocycles. The second kappa shape index (κ2) is 6.82. The minimum absolute atomic E-state index is 0.0312. The molecule has 1 amide bonds. The van der Waals surface area contributed by atoms with E-state index >= 15 is 0 Å². The minimum atomic E-state index is -4.31. The van der Waals surface area contributed by atoms with Crippen LogP contribution in [0.2, 0.25) is 0 Å². The van der Waals surface area contributed by atoms with Gasteiger partial charge in [-0.3, -0.25) is 14.5 Å². The Morgan fingerprint density at radius 2 is 1.86 bits per heavy atom. The van der Waals surface area contributed by atoms with Crippen LogP contribution in [0.15, 0.2) is 0 Å². The lowest BCUT2D eigenvalue weighted by molar-refractivity contribution is -0.164. The molecule has 1 aliphatic heterocycles. The van der Waals surface area contributed by atoms with Crippen LogP contribution in [-0.2, 0) is 9.59 Å². The first kappa shape index (κ1) is 18.7. The van der Waals surface area contributed by atoms with Crippen LogP contribution in [0, 0.1) is 5.92 Å². The molecule has 1 rings (SSSR count). The lowest BCUT2D eigenvalue weighted by atomic mass is 9.95. The Morgan fingerprint density at radius 1 is 1.27 bits per heavy atom. The van der Waals surface area contributed by atoms with E-state index in [1.807, 2.05) is 0 Å². The van der Waals surface area contributed by atoms with Gasteiger partial charge in [0.15, 0.2) is 0 Å². The topological polar surface area (TPSA) is 81.1 Å². The van der Waals surface area contributed by atoms with Gasteiger partial charge >= 0.3 is 12.1 Å². The van der Waals surface area contributed by atoms with Crippen molar-refractivity contribution in [2.24, 2.45) is 5.92 Å². The van der Waals surface area contributed by atoms with Gasteiger partial charge < -0.3 is 15.1 Å². The maximum Gasteiger partial charge on any atom is 0.401 e. The molecule has 0 bridgehead atoms. The van der Waals surface area contributed by atoms with Gasteiger partial charge in [-0.15, -0.1) is 0 Å². The Bertz CT molecular complexity index is 426. The normalized spacial score (nSPS) is 20.7. The summed E-state index contributed by atoms with van der Waals surface area (Å²) in [6.45, 7) is 1.76. The fourth-order valence-electron chi connectivity index (χ4n) is 2.71. The Hall–Kier alpha value is -1.35. The molecule has 1 atom stereocenters. The standard InChI is InChI=1S/C13H21F3N2O4/c1-12(2)7-17(8-13(14,15)16)3-4-18(12)11(22)9(6-19)5-10(20)21/h9,19H,3-8H2,1-2H3,(H,20,21). The van der Waals surface area contributed by atoms with Gasteiger partial charge in [-0.2, -0.15) is 13.2 Å². The van der Waals surface area contributed by atoms with Crippen LogP contribution in [0.1, 0.15) is 20.3 Å². The third kappa shape index (κ3) is 5.13. The molecular formula is C13H21F3N2O4. The molecule has 1 unspecified atom stereocenters. The summed E-state index contributed by atoms with van der Waals surface area (Å²) in [5.41, 5.74) is -0.869. The van der Waals surface area contributed by atoms with Gasteiger partial charge in [0.1, 0.15) is 0 Å². The number of piperazine rings is 1. The number of aliphatic hydroxyl groups is 1. The number of amides is 1. The summed E-state index contributed by atoms with van der Waals surface area (Å²) in [7, 11) is 0. The summed E-state index contributed by atoms with van der Waals surface area (Å²) in [5.74, 6) is -2.83. The van der Waals surface area contributed by atoms with Gasteiger partial charge in [0.2, 0.25) is 5.91 Å². The van der Waals surface area contributed by atoms with Crippen molar-refractivity contribution in [2.45, 2.75) is 32.0 Å². The van der Waals surface area contributed by atoms with Crippen LogP contribution in [0.5, 0.6) is 0 Å². The van der Waals surface area contributed by atoms with Gasteiger partial charge in [-0.05, 0) is 13.8 Å². The van der Waals surface area contributed by atoms with Crippen LogP contribution in [-0.4, -0.2) is 76.4 Å². The molecule has 0 aromatic heterocycles. The van der Waals surface area contributed by atoms with E-state index in [4.69, 9.17) is 5.11 Å². The smallest absolute Gasteiger partial charge is 0.401 e. The molecule has 6 nitrogen and oxygen atoms in total. The van der Waals surface area contributed by atoms with Crippen molar-refractivity contribution < 1.29 is 33.0 Å². The molecule has 22 heavy (non-hydrogen) atoms.